The summed E-state index contributed by atoms with van der Waals surface area (Å²) in [6.45, 7) is 3.97. The van der Waals surface area contributed by atoms with E-state index in [1.807, 2.05) is 29.2 Å². The molecule has 0 saturated carbocycles. The van der Waals surface area contributed by atoms with Crippen molar-refractivity contribution in [2.45, 2.75) is 13.0 Å². The van der Waals surface area contributed by atoms with E-state index in [1.165, 1.54) is 6.33 Å². The lowest BCUT2D eigenvalue weighted by molar-refractivity contribution is 0.0760. The Morgan fingerprint density at radius 3 is 2.79 bits per heavy atom. The maximum Gasteiger partial charge on any atom is 0.257 e. The van der Waals surface area contributed by atoms with E-state index < -0.39 is 0 Å². The summed E-state index contributed by atoms with van der Waals surface area (Å²) in [7, 11) is 0. The molecule has 122 valence electrons. The minimum absolute atomic E-state index is 0.0103. The Bertz CT molecular complexity index is 741. The Labute approximate surface area is 141 Å². The molecule has 0 bridgehead atoms. The van der Waals surface area contributed by atoms with Gasteiger partial charge in [-0.1, -0.05) is 12.1 Å². The summed E-state index contributed by atoms with van der Waals surface area (Å²) >= 11 is 0. The number of carbonyl (C=O) groups is 1. The third-order valence-electron chi connectivity index (χ3n) is 4.15. The number of rotatable bonds is 3. The third kappa shape index (κ3) is 3.94. The summed E-state index contributed by atoms with van der Waals surface area (Å²) in [5, 5.41) is 9.00. The molecule has 0 N–H and O–H groups in total. The van der Waals surface area contributed by atoms with Gasteiger partial charge in [0, 0.05) is 45.1 Å². The van der Waals surface area contributed by atoms with E-state index in [2.05, 4.69) is 20.9 Å². The van der Waals surface area contributed by atoms with Gasteiger partial charge >= 0.3 is 0 Å². The van der Waals surface area contributed by atoms with E-state index in [0.717, 1.165) is 38.2 Å². The van der Waals surface area contributed by atoms with E-state index in [9.17, 15) is 4.79 Å². The van der Waals surface area contributed by atoms with Gasteiger partial charge < -0.3 is 4.90 Å². The first-order valence-electron chi connectivity index (χ1n) is 8.02. The number of hydrogen-bond donors (Lipinski definition) is 0. The molecule has 3 rings (SSSR count). The van der Waals surface area contributed by atoms with Crippen LogP contribution in [-0.2, 0) is 6.54 Å². The van der Waals surface area contributed by atoms with Crippen molar-refractivity contribution in [2.75, 3.05) is 26.2 Å². The lowest BCUT2D eigenvalue weighted by Gasteiger charge is -2.22. The first kappa shape index (κ1) is 16.1. The summed E-state index contributed by atoms with van der Waals surface area (Å²) in [5.74, 6) is -0.0103. The van der Waals surface area contributed by atoms with Crippen LogP contribution in [0.15, 0.2) is 43.0 Å². The van der Waals surface area contributed by atoms with Crippen LogP contribution in [-0.4, -0.2) is 51.9 Å². The van der Waals surface area contributed by atoms with E-state index in [0.29, 0.717) is 17.7 Å². The molecular formula is C18H19N5O. The summed E-state index contributed by atoms with van der Waals surface area (Å²) in [4.78, 5) is 24.5. The summed E-state index contributed by atoms with van der Waals surface area (Å²) < 4.78 is 0. The Morgan fingerprint density at radius 2 is 2.00 bits per heavy atom. The number of aromatic nitrogens is 2. The van der Waals surface area contributed by atoms with Gasteiger partial charge in [-0.05, 0) is 24.1 Å². The van der Waals surface area contributed by atoms with Gasteiger partial charge in [-0.2, -0.15) is 5.26 Å². The number of nitriles is 1. The monoisotopic (exact) mass is 321 g/mol. The van der Waals surface area contributed by atoms with E-state index in [1.54, 1.807) is 12.4 Å². The number of benzene rings is 1. The normalized spacial score (nSPS) is 15.5. The summed E-state index contributed by atoms with van der Waals surface area (Å²) in [6.07, 6.45) is 5.48. The van der Waals surface area contributed by atoms with Crippen LogP contribution in [0, 0.1) is 11.3 Å². The van der Waals surface area contributed by atoms with Crippen molar-refractivity contribution in [3.63, 3.8) is 0 Å². The highest BCUT2D eigenvalue weighted by Crippen LogP contribution is 2.12. The molecule has 1 aromatic heterocycles. The highest BCUT2D eigenvalue weighted by Gasteiger charge is 2.20. The quantitative estimate of drug-likeness (QED) is 0.860. The topological polar surface area (TPSA) is 73.1 Å². The van der Waals surface area contributed by atoms with Gasteiger partial charge in [0.15, 0.2) is 0 Å². The molecule has 1 aliphatic rings. The Balaban J connectivity index is 1.61. The predicted octanol–water partition coefficient (Wildman–Crippen LogP) is 1.70. The van der Waals surface area contributed by atoms with Crippen molar-refractivity contribution < 1.29 is 4.79 Å². The van der Waals surface area contributed by atoms with Crippen LogP contribution in [0.5, 0.6) is 0 Å². The van der Waals surface area contributed by atoms with Gasteiger partial charge in [-0.15, -0.1) is 0 Å². The smallest absolute Gasteiger partial charge is 0.257 e. The molecule has 0 unspecified atom stereocenters. The van der Waals surface area contributed by atoms with Crippen LogP contribution in [0.25, 0.3) is 0 Å². The zero-order valence-corrected chi connectivity index (χ0v) is 13.4. The molecule has 0 atom stereocenters. The fourth-order valence-electron chi connectivity index (χ4n) is 2.92. The molecule has 0 radical (unpaired) electrons. The highest BCUT2D eigenvalue weighted by molar-refractivity contribution is 5.93. The number of carbonyl (C=O) groups excluding carboxylic acids is 1. The Hall–Kier alpha value is -2.78. The summed E-state index contributed by atoms with van der Waals surface area (Å²) in [6, 6.07) is 9.86. The highest BCUT2D eigenvalue weighted by atomic mass is 16.2. The van der Waals surface area contributed by atoms with Crippen LogP contribution < -0.4 is 0 Å². The van der Waals surface area contributed by atoms with Crippen LogP contribution in [0.3, 0.4) is 0 Å². The minimum atomic E-state index is -0.0103. The maximum atomic E-state index is 12.5. The lowest BCUT2D eigenvalue weighted by Crippen LogP contribution is -2.35. The second-order valence-corrected chi connectivity index (χ2v) is 5.86. The largest absolute Gasteiger partial charge is 0.337 e. The number of amides is 1. The van der Waals surface area contributed by atoms with Crippen LogP contribution in [0.4, 0.5) is 0 Å². The second kappa shape index (κ2) is 7.66. The van der Waals surface area contributed by atoms with Gasteiger partial charge in [-0.3, -0.25) is 9.69 Å². The number of nitrogens with zero attached hydrogens (tertiary/aromatic N) is 5. The van der Waals surface area contributed by atoms with Gasteiger partial charge in [0.05, 0.1) is 17.2 Å². The summed E-state index contributed by atoms with van der Waals surface area (Å²) in [5.41, 5.74) is 2.35. The third-order valence-corrected chi connectivity index (χ3v) is 4.15. The standard InChI is InChI=1S/C18H19N5O/c19-10-15-3-1-4-16(9-15)13-22-5-2-6-23(8-7-22)18(24)17-11-20-14-21-12-17/h1,3-4,9,11-12,14H,2,5-8,13H2. The molecule has 1 amide bonds. The molecule has 0 aliphatic carbocycles. The van der Waals surface area contributed by atoms with Crippen LogP contribution >= 0.6 is 0 Å². The average Bonchev–Trinajstić information content (AvgIpc) is 2.87. The van der Waals surface area contributed by atoms with E-state index in [4.69, 9.17) is 5.26 Å². The fraction of sp³-hybridized carbons (Fsp3) is 0.333. The average molecular weight is 321 g/mol. The molecule has 1 aliphatic heterocycles. The molecule has 2 aromatic rings. The first-order chi connectivity index (χ1) is 11.8. The molecule has 24 heavy (non-hydrogen) atoms. The molecule has 0 spiro atoms. The van der Waals surface area contributed by atoms with Gasteiger partial charge in [0.1, 0.15) is 6.33 Å². The molecule has 2 heterocycles. The lowest BCUT2D eigenvalue weighted by atomic mass is 10.1. The fourth-order valence-corrected chi connectivity index (χ4v) is 2.92. The van der Waals surface area contributed by atoms with Crippen molar-refractivity contribution in [2.24, 2.45) is 0 Å². The van der Waals surface area contributed by atoms with Crippen LogP contribution in [0.1, 0.15) is 27.9 Å². The van der Waals surface area contributed by atoms with Gasteiger partial charge in [0.25, 0.3) is 5.91 Å². The van der Waals surface area contributed by atoms with Crippen molar-refractivity contribution >= 4 is 5.91 Å². The molecule has 6 heteroatoms. The predicted molar refractivity (Wildman–Crippen MR) is 89.0 cm³/mol. The molecule has 1 fully saturated rings. The van der Waals surface area contributed by atoms with Gasteiger partial charge in [-0.25, -0.2) is 9.97 Å². The van der Waals surface area contributed by atoms with Crippen molar-refractivity contribution in [3.05, 3.63) is 59.7 Å². The molecule has 1 saturated heterocycles. The Morgan fingerprint density at radius 1 is 1.17 bits per heavy atom. The zero-order chi connectivity index (χ0) is 16.8. The van der Waals surface area contributed by atoms with Gasteiger partial charge in [0.2, 0.25) is 0 Å². The SMILES string of the molecule is N#Cc1cccc(CN2CCCN(C(=O)c3cncnc3)CC2)c1. The van der Waals surface area contributed by atoms with E-state index in [-0.39, 0.29) is 5.91 Å². The Kier molecular flexibility index (Phi) is 5.14. The molecule has 1 aromatic carbocycles. The second-order valence-electron chi connectivity index (χ2n) is 5.86. The molecular weight excluding hydrogens is 302 g/mol. The van der Waals surface area contributed by atoms with Crippen molar-refractivity contribution in [1.82, 2.24) is 19.8 Å². The zero-order valence-electron chi connectivity index (χ0n) is 13.4. The number of hydrogen-bond acceptors (Lipinski definition) is 5. The minimum Gasteiger partial charge on any atom is -0.337 e. The first-order valence-corrected chi connectivity index (χ1v) is 8.02. The molecule has 6 nitrogen and oxygen atoms in total. The van der Waals surface area contributed by atoms with Crippen molar-refractivity contribution in [1.29, 1.82) is 5.26 Å². The van der Waals surface area contributed by atoms with Crippen molar-refractivity contribution in [3.8, 4) is 6.07 Å². The maximum absolute atomic E-state index is 12.5. The van der Waals surface area contributed by atoms with Crippen LogP contribution in [0.2, 0.25) is 0 Å². The van der Waals surface area contributed by atoms with E-state index >= 15 is 0 Å².